The van der Waals surface area contributed by atoms with Gasteiger partial charge in [-0.05, 0) is 31.2 Å². The molecular formula is C9H19N. The lowest BCUT2D eigenvalue weighted by atomic mass is 9.97. The van der Waals surface area contributed by atoms with E-state index in [9.17, 15) is 0 Å². The average Bonchev–Trinajstić information content (AvgIpc) is 2.71. The Kier molecular flexibility index (Phi) is 3.20. The number of nitrogens with two attached hydrogens (primary N) is 1. The van der Waals surface area contributed by atoms with Crippen LogP contribution in [0.1, 0.15) is 39.0 Å². The minimum Gasteiger partial charge on any atom is -0.330 e. The number of rotatable bonds is 5. The molecule has 1 atom stereocenters. The topological polar surface area (TPSA) is 26.0 Å². The maximum Gasteiger partial charge on any atom is -0.00488 e. The molecule has 1 nitrogen and oxygen atoms in total. The van der Waals surface area contributed by atoms with E-state index >= 15 is 0 Å². The van der Waals surface area contributed by atoms with Gasteiger partial charge in [0, 0.05) is 0 Å². The monoisotopic (exact) mass is 141 g/mol. The molecule has 60 valence electrons. The van der Waals surface area contributed by atoms with Gasteiger partial charge in [-0.25, -0.2) is 0 Å². The largest absolute Gasteiger partial charge is 0.330 e. The Morgan fingerprint density at radius 3 is 2.60 bits per heavy atom. The Balaban J connectivity index is 2.05. The highest BCUT2D eigenvalue weighted by Gasteiger charge is 2.24. The van der Waals surface area contributed by atoms with Gasteiger partial charge in [0.05, 0.1) is 0 Å². The summed E-state index contributed by atoms with van der Waals surface area (Å²) in [5.74, 6) is 1.89. The van der Waals surface area contributed by atoms with Crippen molar-refractivity contribution in [1.82, 2.24) is 0 Å². The lowest BCUT2D eigenvalue weighted by Gasteiger charge is -2.11. The number of hydrogen-bond acceptors (Lipinski definition) is 1. The van der Waals surface area contributed by atoms with Crippen LogP contribution >= 0.6 is 0 Å². The quantitative estimate of drug-likeness (QED) is 0.624. The first-order chi connectivity index (χ1) is 4.86. The lowest BCUT2D eigenvalue weighted by Crippen LogP contribution is -2.14. The predicted octanol–water partition coefficient (Wildman–Crippen LogP) is 2.16. The highest BCUT2D eigenvalue weighted by Crippen LogP contribution is 2.36. The summed E-state index contributed by atoms with van der Waals surface area (Å²) in [6.45, 7) is 3.15. The SMILES string of the molecule is CCCC(CN)CC1CC1. The third kappa shape index (κ3) is 2.70. The Morgan fingerprint density at radius 1 is 1.50 bits per heavy atom. The molecule has 0 spiro atoms. The first-order valence-corrected chi connectivity index (χ1v) is 4.56. The standard InChI is InChI=1S/C9H19N/c1-2-3-9(7-10)6-8-4-5-8/h8-9H,2-7,10H2,1H3. The highest BCUT2D eigenvalue weighted by molar-refractivity contribution is 4.76. The molecule has 10 heavy (non-hydrogen) atoms. The smallest absolute Gasteiger partial charge is 0.00488 e. The van der Waals surface area contributed by atoms with Crippen LogP contribution in [0.25, 0.3) is 0 Å². The normalized spacial score (nSPS) is 21.0. The van der Waals surface area contributed by atoms with E-state index in [0.717, 1.165) is 18.4 Å². The summed E-state index contributed by atoms with van der Waals surface area (Å²) in [4.78, 5) is 0. The molecule has 1 rings (SSSR count). The molecule has 1 saturated carbocycles. The highest BCUT2D eigenvalue weighted by atomic mass is 14.5. The van der Waals surface area contributed by atoms with Gasteiger partial charge in [-0.15, -0.1) is 0 Å². The second-order valence-electron chi connectivity index (χ2n) is 3.57. The van der Waals surface area contributed by atoms with Crippen LogP contribution in [0.15, 0.2) is 0 Å². The van der Waals surface area contributed by atoms with Crippen LogP contribution in [0.3, 0.4) is 0 Å². The molecule has 1 unspecified atom stereocenters. The van der Waals surface area contributed by atoms with Crippen LogP contribution < -0.4 is 5.73 Å². The molecule has 0 aromatic rings. The molecule has 0 saturated heterocycles. The van der Waals surface area contributed by atoms with Gasteiger partial charge in [0.25, 0.3) is 0 Å². The van der Waals surface area contributed by atoms with E-state index in [0.29, 0.717) is 0 Å². The van der Waals surface area contributed by atoms with Gasteiger partial charge in [0.15, 0.2) is 0 Å². The maximum atomic E-state index is 5.63. The van der Waals surface area contributed by atoms with Crippen molar-refractivity contribution < 1.29 is 0 Å². The molecule has 2 N–H and O–H groups in total. The molecule has 1 aliphatic carbocycles. The summed E-state index contributed by atoms with van der Waals surface area (Å²) in [5.41, 5.74) is 5.63. The van der Waals surface area contributed by atoms with E-state index in [1.54, 1.807) is 0 Å². The maximum absolute atomic E-state index is 5.63. The van der Waals surface area contributed by atoms with Crippen molar-refractivity contribution in [2.75, 3.05) is 6.54 Å². The average molecular weight is 141 g/mol. The summed E-state index contributed by atoms with van der Waals surface area (Å²) in [5, 5.41) is 0. The van der Waals surface area contributed by atoms with E-state index in [-0.39, 0.29) is 0 Å². The van der Waals surface area contributed by atoms with Crippen molar-refractivity contribution in [2.45, 2.75) is 39.0 Å². The van der Waals surface area contributed by atoms with Crippen LogP contribution in [-0.4, -0.2) is 6.54 Å². The second-order valence-corrected chi connectivity index (χ2v) is 3.57. The van der Waals surface area contributed by atoms with Gasteiger partial charge in [-0.1, -0.05) is 26.2 Å². The molecule has 0 aromatic heterocycles. The first kappa shape index (κ1) is 8.06. The fourth-order valence-corrected chi connectivity index (χ4v) is 1.57. The molecule has 0 aliphatic heterocycles. The fraction of sp³-hybridized carbons (Fsp3) is 1.00. The predicted molar refractivity (Wildman–Crippen MR) is 44.8 cm³/mol. The van der Waals surface area contributed by atoms with E-state index in [1.807, 2.05) is 0 Å². The summed E-state index contributed by atoms with van der Waals surface area (Å²) in [6, 6.07) is 0. The second kappa shape index (κ2) is 3.97. The van der Waals surface area contributed by atoms with Crippen LogP contribution in [-0.2, 0) is 0 Å². The molecule has 0 bridgehead atoms. The molecule has 1 fully saturated rings. The molecule has 0 heterocycles. The minimum atomic E-state index is 0.831. The van der Waals surface area contributed by atoms with Gasteiger partial charge >= 0.3 is 0 Å². The first-order valence-electron chi connectivity index (χ1n) is 4.56. The molecule has 0 amide bonds. The molecule has 1 heteroatoms. The van der Waals surface area contributed by atoms with E-state index in [4.69, 9.17) is 5.73 Å². The van der Waals surface area contributed by atoms with Crippen molar-refractivity contribution in [3.63, 3.8) is 0 Å². The van der Waals surface area contributed by atoms with Gasteiger partial charge in [0.1, 0.15) is 0 Å². The minimum absolute atomic E-state index is 0.831. The summed E-state index contributed by atoms with van der Waals surface area (Å²) >= 11 is 0. The zero-order chi connectivity index (χ0) is 7.40. The zero-order valence-corrected chi connectivity index (χ0v) is 6.97. The zero-order valence-electron chi connectivity index (χ0n) is 6.97. The van der Waals surface area contributed by atoms with Gasteiger partial charge in [-0.2, -0.15) is 0 Å². The Bertz CT molecular complexity index is 86.7. The Morgan fingerprint density at radius 2 is 2.20 bits per heavy atom. The van der Waals surface area contributed by atoms with Crippen molar-refractivity contribution in [3.05, 3.63) is 0 Å². The van der Waals surface area contributed by atoms with Crippen LogP contribution in [0, 0.1) is 11.8 Å². The van der Waals surface area contributed by atoms with E-state index in [2.05, 4.69) is 6.92 Å². The summed E-state index contributed by atoms with van der Waals surface area (Å²) in [6.07, 6.45) is 6.99. The molecule has 1 aliphatic rings. The third-order valence-corrected chi connectivity index (χ3v) is 2.39. The van der Waals surface area contributed by atoms with Crippen LogP contribution in [0.5, 0.6) is 0 Å². The van der Waals surface area contributed by atoms with Crippen LogP contribution in [0.4, 0.5) is 0 Å². The van der Waals surface area contributed by atoms with Crippen molar-refractivity contribution in [2.24, 2.45) is 17.6 Å². The van der Waals surface area contributed by atoms with Crippen molar-refractivity contribution in [3.8, 4) is 0 Å². The summed E-state index contributed by atoms with van der Waals surface area (Å²) in [7, 11) is 0. The molecule has 0 radical (unpaired) electrons. The van der Waals surface area contributed by atoms with E-state index < -0.39 is 0 Å². The van der Waals surface area contributed by atoms with Gasteiger partial charge in [-0.3, -0.25) is 0 Å². The van der Waals surface area contributed by atoms with Gasteiger partial charge in [0.2, 0.25) is 0 Å². The molecule has 0 aromatic carbocycles. The van der Waals surface area contributed by atoms with Crippen molar-refractivity contribution in [1.29, 1.82) is 0 Å². The molecular weight excluding hydrogens is 122 g/mol. The van der Waals surface area contributed by atoms with Crippen LogP contribution in [0.2, 0.25) is 0 Å². The summed E-state index contributed by atoms with van der Waals surface area (Å²) < 4.78 is 0. The Labute approximate surface area is 64.0 Å². The van der Waals surface area contributed by atoms with Crippen molar-refractivity contribution >= 4 is 0 Å². The van der Waals surface area contributed by atoms with E-state index in [1.165, 1.54) is 32.1 Å². The third-order valence-electron chi connectivity index (χ3n) is 2.39. The lowest BCUT2D eigenvalue weighted by molar-refractivity contribution is 0.430. The number of hydrogen-bond donors (Lipinski definition) is 1. The van der Waals surface area contributed by atoms with Gasteiger partial charge < -0.3 is 5.73 Å². The Hall–Kier alpha value is -0.0400. The fourth-order valence-electron chi connectivity index (χ4n) is 1.57.